The third-order valence-electron chi connectivity index (χ3n) is 2.62. The zero-order valence-electron chi connectivity index (χ0n) is 10.6. The van der Waals surface area contributed by atoms with Gasteiger partial charge in [-0.3, -0.25) is 0 Å². The molecule has 102 valence electrons. The van der Waals surface area contributed by atoms with Gasteiger partial charge in [0.1, 0.15) is 17.6 Å². The molecule has 0 aliphatic heterocycles. The fourth-order valence-corrected chi connectivity index (χ4v) is 2.05. The van der Waals surface area contributed by atoms with Crippen LogP contribution in [0.25, 0.3) is 0 Å². The van der Waals surface area contributed by atoms with Gasteiger partial charge in [0.25, 0.3) is 0 Å². The van der Waals surface area contributed by atoms with Crippen LogP contribution in [-0.4, -0.2) is 6.61 Å². The first-order valence-corrected chi connectivity index (χ1v) is 6.76. The molecule has 0 unspecified atom stereocenters. The van der Waals surface area contributed by atoms with Crippen molar-refractivity contribution in [2.24, 2.45) is 0 Å². The molecule has 0 saturated heterocycles. The molecule has 2 aromatic rings. The number of hydrogen-bond donors (Lipinski definition) is 1. The molecule has 0 spiro atoms. The number of anilines is 1. The highest BCUT2D eigenvalue weighted by Crippen LogP contribution is 2.21. The number of benzene rings is 2. The van der Waals surface area contributed by atoms with E-state index in [1.807, 2.05) is 24.3 Å². The van der Waals surface area contributed by atoms with Crippen molar-refractivity contribution in [1.82, 2.24) is 0 Å². The minimum Gasteiger partial charge on any atom is -0.479 e. The van der Waals surface area contributed by atoms with Gasteiger partial charge >= 0.3 is 0 Å². The monoisotopic (exact) mass is 334 g/mol. The van der Waals surface area contributed by atoms with Gasteiger partial charge in [-0.2, -0.15) is 5.26 Å². The van der Waals surface area contributed by atoms with Crippen molar-refractivity contribution < 1.29 is 9.13 Å². The van der Waals surface area contributed by atoms with Crippen LogP contribution in [0.15, 0.2) is 46.9 Å². The van der Waals surface area contributed by atoms with Gasteiger partial charge in [0, 0.05) is 12.2 Å². The van der Waals surface area contributed by atoms with Gasteiger partial charge < -0.3 is 10.1 Å². The summed E-state index contributed by atoms with van der Waals surface area (Å²) < 4.78 is 18.8. The first-order chi connectivity index (χ1) is 9.69. The average Bonchev–Trinajstić information content (AvgIpc) is 2.47. The highest BCUT2D eigenvalue weighted by atomic mass is 79.9. The number of nitriles is 1. The average molecular weight is 335 g/mol. The molecule has 1 N–H and O–H groups in total. The smallest absolute Gasteiger partial charge is 0.174 e. The minimum absolute atomic E-state index is 0.0296. The van der Waals surface area contributed by atoms with Crippen molar-refractivity contribution in [3.63, 3.8) is 0 Å². The third kappa shape index (κ3) is 3.97. The van der Waals surface area contributed by atoms with E-state index in [4.69, 9.17) is 10.00 Å². The van der Waals surface area contributed by atoms with Gasteiger partial charge in [0.05, 0.1) is 4.47 Å². The molecule has 3 nitrogen and oxygen atoms in total. The van der Waals surface area contributed by atoms with Crippen LogP contribution in [0.2, 0.25) is 0 Å². The fourth-order valence-electron chi connectivity index (χ4n) is 1.67. The lowest BCUT2D eigenvalue weighted by Gasteiger charge is -2.09. The molecule has 2 rings (SSSR count). The Labute approximate surface area is 125 Å². The summed E-state index contributed by atoms with van der Waals surface area (Å²) in [5.74, 6) is 0.369. The highest BCUT2D eigenvalue weighted by Gasteiger charge is 2.01. The Hall–Kier alpha value is -2.06. The second-order valence-electron chi connectivity index (χ2n) is 4.08. The predicted molar refractivity (Wildman–Crippen MR) is 79.0 cm³/mol. The zero-order chi connectivity index (χ0) is 14.4. The van der Waals surface area contributed by atoms with E-state index in [9.17, 15) is 4.39 Å². The maximum atomic E-state index is 13.1. The predicted octanol–water partition coefficient (Wildman–Crippen LogP) is 4.10. The second-order valence-corrected chi connectivity index (χ2v) is 4.93. The Morgan fingerprint density at radius 2 is 2.10 bits per heavy atom. The van der Waals surface area contributed by atoms with Crippen LogP contribution in [-0.2, 0) is 6.54 Å². The molecule has 0 fully saturated rings. The van der Waals surface area contributed by atoms with E-state index in [0.29, 0.717) is 16.8 Å². The molecule has 0 bridgehead atoms. The zero-order valence-corrected chi connectivity index (χ0v) is 12.2. The summed E-state index contributed by atoms with van der Waals surface area (Å²) in [6, 6.07) is 14.2. The normalized spacial score (nSPS) is 9.85. The maximum Gasteiger partial charge on any atom is 0.174 e. The number of ether oxygens (including phenoxy) is 1. The molecule has 0 aromatic heterocycles. The number of halogens is 2. The highest BCUT2D eigenvalue weighted by molar-refractivity contribution is 9.10. The van der Waals surface area contributed by atoms with Crippen LogP contribution in [0, 0.1) is 17.1 Å². The van der Waals surface area contributed by atoms with Crippen LogP contribution in [0.4, 0.5) is 10.1 Å². The Morgan fingerprint density at radius 3 is 2.85 bits per heavy atom. The molecular weight excluding hydrogens is 323 g/mol. The first-order valence-electron chi connectivity index (χ1n) is 5.96. The topological polar surface area (TPSA) is 45.0 Å². The van der Waals surface area contributed by atoms with Gasteiger partial charge in [-0.25, -0.2) is 4.39 Å². The van der Waals surface area contributed by atoms with Crippen LogP contribution in [0.3, 0.4) is 0 Å². The van der Waals surface area contributed by atoms with Crippen LogP contribution in [0.1, 0.15) is 5.56 Å². The molecule has 0 aliphatic rings. The molecule has 0 amide bonds. The molecule has 2 aromatic carbocycles. The first kappa shape index (κ1) is 14.4. The van der Waals surface area contributed by atoms with Crippen molar-refractivity contribution in [2.45, 2.75) is 6.54 Å². The number of hydrogen-bond acceptors (Lipinski definition) is 3. The number of nitrogens with zero attached hydrogens (tertiary/aromatic N) is 1. The van der Waals surface area contributed by atoms with E-state index in [1.54, 1.807) is 18.2 Å². The Bertz CT molecular complexity index is 640. The summed E-state index contributed by atoms with van der Waals surface area (Å²) >= 11 is 3.15. The summed E-state index contributed by atoms with van der Waals surface area (Å²) in [6.45, 7) is 0.615. The van der Waals surface area contributed by atoms with E-state index in [0.717, 1.165) is 11.3 Å². The van der Waals surface area contributed by atoms with Gasteiger partial charge in [-0.1, -0.05) is 12.1 Å². The van der Waals surface area contributed by atoms with Crippen LogP contribution in [0.5, 0.6) is 5.75 Å². The van der Waals surface area contributed by atoms with Gasteiger partial charge in [-0.15, -0.1) is 0 Å². The summed E-state index contributed by atoms with van der Waals surface area (Å²) in [4.78, 5) is 0. The van der Waals surface area contributed by atoms with E-state index in [1.165, 1.54) is 6.07 Å². The number of rotatable bonds is 5. The Morgan fingerprint density at radius 1 is 1.25 bits per heavy atom. The third-order valence-corrected chi connectivity index (χ3v) is 3.23. The molecule has 0 saturated carbocycles. The van der Waals surface area contributed by atoms with E-state index in [-0.39, 0.29) is 12.4 Å². The SMILES string of the molecule is N#CCOc1cccc(CNc2ccc(F)c(Br)c2)c1. The maximum absolute atomic E-state index is 13.1. The molecule has 0 radical (unpaired) electrons. The van der Waals surface area contributed by atoms with Crippen molar-refractivity contribution in [3.05, 3.63) is 58.3 Å². The number of nitrogens with one attached hydrogen (secondary N) is 1. The van der Waals surface area contributed by atoms with Gasteiger partial charge in [-0.05, 0) is 51.8 Å². The molecule has 0 atom stereocenters. The standard InChI is InChI=1S/C15H12BrFN2O/c16-14-9-12(4-5-15(14)17)19-10-11-2-1-3-13(8-11)20-7-6-18/h1-5,8-9,19H,7,10H2. The lowest BCUT2D eigenvalue weighted by molar-refractivity contribution is 0.368. The van der Waals surface area contributed by atoms with Crippen molar-refractivity contribution in [1.29, 1.82) is 5.26 Å². The minimum atomic E-state index is -0.289. The van der Waals surface area contributed by atoms with Gasteiger partial charge in [0.15, 0.2) is 6.61 Å². The molecule has 20 heavy (non-hydrogen) atoms. The summed E-state index contributed by atoms with van der Waals surface area (Å²) in [7, 11) is 0. The second kappa shape index (κ2) is 6.92. The largest absolute Gasteiger partial charge is 0.479 e. The van der Waals surface area contributed by atoms with E-state index in [2.05, 4.69) is 21.2 Å². The molecular formula is C15H12BrFN2O. The van der Waals surface area contributed by atoms with Crippen LogP contribution < -0.4 is 10.1 Å². The Kier molecular flexibility index (Phi) is 4.97. The fraction of sp³-hybridized carbons (Fsp3) is 0.133. The quantitative estimate of drug-likeness (QED) is 0.895. The Balaban J connectivity index is 1.99. The summed E-state index contributed by atoms with van der Waals surface area (Å²) in [6.07, 6.45) is 0. The van der Waals surface area contributed by atoms with Crippen molar-refractivity contribution in [3.8, 4) is 11.8 Å². The van der Waals surface area contributed by atoms with Gasteiger partial charge in [0.2, 0.25) is 0 Å². The summed E-state index contributed by atoms with van der Waals surface area (Å²) in [5, 5.41) is 11.7. The van der Waals surface area contributed by atoms with E-state index >= 15 is 0 Å². The van der Waals surface area contributed by atoms with Crippen molar-refractivity contribution in [2.75, 3.05) is 11.9 Å². The summed E-state index contributed by atoms with van der Waals surface area (Å²) in [5.41, 5.74) is 1.84. The lowest BCUT2D eigenvalue weighted by atomic mass is 10.2. The van der Waals surface area contributed by atoms with Crippen molar-refractivity contribution >= 4 is 21.6 Å². The van der Waals surface area contributed by atoms with Crippen LogP contribution >= 0.6 is 15.9 Å². The molecule has 0 aliphatic carbocycles. The lowest BCUT2D eigenvalue weighted by Crippen LogP contribution is -2.00. The molecule has 5 heteroatoms. The van der Waals surface area contributed by atoms with E-state index < -0.39 is 0 Å². The molecule has 0 heterocycles.